The number of carbonyl (C=O) groups excluding carboxylic acids is 1. The number of anilines is 1. The molecule has 0 bridgehead atoms. The van der Waals surface area contributed by atoms with Gasteiger partial charge in [0.25, 0.3) is 11.5 Å². The second kappa shape index (κ2) is 8.50. The lowest BCUT2D eigenvalue weighted by atomic mass is 10.0. The fourth-order valence-corrected chi connectivity index (χ4v) is 5.15. The molecular formula is C20H24N4O2S2. The van der Waals surface area contributed by atoms with Gasteiger partial charge in [0.15, 0.2) is 0 Å². The number of likely N-dealkylation sites (N-methyl/N-ethyl adjacent to an activating group) is 1. The van der Waals surface area contributed by atoms with Crippen LogP contribution in [0.2, 0.25) is 0 Å². The Morgan fingerprint density at radius 1 is 1.21 bits per heavy atom. The molecule has 0 unspecified atom stereocenters. The van der Waals surface area contributed by atoms with E-state index in [1.54, 1.807) is 23.4 Å². The molecule has 0 N–H and O–H groups in total. The lowest BCUT2D eigenvalue weighted by Crippen LogP contribution is -2.34. The van der Waals surface area contributed by atoms with Crippen LogP contribution in [0.5, 0.6) is 0 Å². The first-order valence-electron chi connectivity index (χ1n) is 9.54. The number of nitrogens with zero attached hydrogens (tertiary/aromatic N) is 4. The molecule has 28 heavy (non-hydrogen) atoms. The van der Waals surface area contributed by atoms with Crippen LogP contribution in [0.15, 0.2) is 9.70 Å². The van der Waals surface area contributed by atoms with Crippen LogP contribution in [-0.2, 0) is 11.8 Å². The van der Waals surface area contributed by atoms with Crippen molar-refractivity contribution in [3.63, 3.8) is 0 Å². The SMILES string of the molecule is CCN1C(=O)/C(=C/c2c(C)c(C#N)c(=O)n(C)c2N2CCCCCC2)SC1=S. The minimum atomic E-state index is -0.294. The van der Waals surface area contributed by atoms with E-state index in [9.17, 15) is 14.9 Å². The van der Waals surface area contributed by atoms with Crippen molar-refractivity contribution in [1.82, 2.24) is 9.47 Å². The van der Waals surface area contributed by atoms with Gasteiger partial charge < -0.3 is 4.90 Å². The van der Waals surface area contributed by atoms with E-state index < -0.39 is 0 Å². The number of hydrogen-bond donors (Lipinski definition) is 0. The zero-order valence-corrected chi connectivity index (χ0v) is 18.1. The van der Waals surface area contributed by atoms with Gasteiger partial charge in [0.05, 0.1) is 4.91 Å². The van der Waals surface area contributed by atoms with Gasteiger partial charge >= 0.3 is 0 Å². The van der Waals surface area contributed by atoms with Crippen molar-refractivity contribution in [2.45, 2.75) is 39.5 Å². The third-order valence-electron chi connectivity index (χ3n) is 5.34. The molecule has 0 spiro atoms. The largest absolute Gasteiger partial charge is 0.357 e. The lowest BCUT2D eigenvalue weighted by Gasteiger charge is -2.28. The summed E-state index contributed by atoms with van der Waals surface area (Å²) in [5.41, 5.74) is 1.21. The quantitative estimate of drug-likeness (QED) is 0.557. The van der Waals surface area contributed by atoms with Crippen molar-refractivity contribution >= 4 is 46.1 Å². The normalized spacial score (nSPS) is 19.3. The number of thiocarbonyl (C=S) groups is 1. The van der Waals surface area contributed by atoms with Gasteiger partial charge in [0.1, 0.15) is 21.8 Å². The molecule has 0 radical (unpaired) electrons. The number of carbonyl (C=O) groups is 1. The van der Waals surface area contributed by atoms with E-state index in [1.165, 1.54) is 24.6 Å². The Bertz CT molecular complexity index is 950. The summed E-state index contributed by atoms with van der Waals surface area (Å²) in [6.45, 7) is 5.91. The second-order valence-electron chi connectivity index (χ2n) is 7.04. The number of amides is 1. The molecule has 8 heteroatoms. The summed E-state index contributed by atoms with van der Waals surface area (Å²) in [6, 6.07) is 2.04. The van der Waals surface area contributed by atoms with Crippen LogP contribution in [0.25, 0.3) is 6.08 Å². The molecule has 1 aromatic heterocycles. The summed E-state index contributed by atoms with van der Waals surface area (Å²) in [5, 5.41) is 9.53. The van der Waals surface area contributed by atoms with Crippen molar-refractivity contribution < 1.29 is 4.79 Å². The number of aromatic nitrogens is 1. The van der Waals surface area contributed by atoms with Crippen LogP contribution in [0.3, 0.4) is 0 Å². The number of rotatable bonds is 3. The van der Waals surface area contributed by atoms with Crippen molar-refractivity contribution in [3.8, 4) is 6.07 Å². The Labute approximate surface area is 174 Å². The minimum Gasteiger partial charge on any atom is -0.357 e. The Morgan fingerprint density at radius 3 is 2.39 bits per heavy atom. The monoisotopic (exact) mass is 416 g/mol. The molecule has 2 saturated heterocycles. The topological polar surface area (TPSA) is 69.3 Å². The van der Waals surface area contributed by atoms with E-state index >= 15 is 0 Å². The Balaban J connectivity index is 2.21. The first-order chi connectivity index (χ1) is 13.4. The molecular weight excluding hydrogens is 392 g/mol. The summed E-state index contributed by atoms with van der Waals surface area (Å²) >= 11 is 6.60. The smallest absolute Gasteiger partial charge is 0.270 e. The third-order valence-corrected chi connectivity index (χ3v) is 6.72. The fourth-order valence-electron chi connectivity index (χ4n) is 3.78. The summed E-state index contributed by atoms with van der Waals surface area (Å²) < 4.78 is 2.10. The maximum atomic E-state index is 12.8. The molecule has 0 atom stereocenters. The number of thioether (sulfide) groups is 1. The maximum Gasteiger partial charge on any atom is 0.270 e. The van der Waals surface area contributed by atoms with Gasteiger partial charge in [-0.3, -0.25) is 19.1 Å². The average molecular weight is 417 g/mol. The third kappa shape index (κ3) is 3.61. The van der Waals surface area contributed by atoms with E-state index in [0.29, 0.717) is 21.3 Å². The first-order valence-corrected chi connectivity index (χ1v) is 10.8. The second-order valence-corrected chi connectivity index (χ2v) is 8.72. The molecule has 148 valence electrons. The molecule has 0 aliphatic carbocycles. The van der Waals surface area contributed by atoms with Crippen LogP contribution in [0.4, 0.5) is 5.82 Å². The van der Waals surface area contributed by atoms with E-state index in [-0.39, 0.29) is 17.0 Å². The molecule has 1 aromatic rings. The van der Waals surface area contributed by atoms with Crippen LogP contribution in [-0.4, -0.2) is 39.3 Å². The van der Waals surface area contributed by atoms with E-state index in [0.717, 1.165) is 37.3 Å². The van der Waals surface area contributed by atoms with Crippen LogP contribution in [0, 0.1) is 18.3 Å². The maximum absolute atomic E-state index is 12.8. The average Bonchev–Trinajstić information content (AvgIpc) is 2.85. The molecule has 6 nitrogen and oxygen atoms in total. The summed E-state index contributed by atoms with van der Waals surface area (Å²) in [4.78, 5) is 29.8. The fraction of sp³-hybridized carbons (Fsp3) is 0.500. The van der Waals surface area contributed by atoms with Crippen LogP contribution >= 0.6 is 24.0 Å². The summed E-state index contributed by atoms with van der Waals surface area (Å²) in [7, 11) is 1.71. The predicted octanol–water partition coefficient (Wildman–Crippen LogP) is 3.17. The van der Waals surface area contributed by atoms with Gasteiger partial charge in [-0.05, 0) is 38.3 Å². The van der Waals surface area contributed by atoms with Crippen LogP contribution < -0.4 is 10.5 Å². The number of pyridine rings is 1. The van der Waals surface area contributed by atoms with E-state index in [1.807, 2.05) is 19.1 Å². The highest BCUT2D eigenvalue weighted by atomic mass is 32.2. The van der Waals surface area contributed by atoms with Crippen molar-refractivity contribution in [2.24, 2.45) is 7.05 Å². The molecule has 2 aliphatic rings. The standard InChI is InChI=1S/C20H24N4O2S2/c1-4-24-19(26)16(28-20(24)27)11-14-13(2)15(12-21)18(25)22(3)17(14)23-9-7-5-6-8-10-23/h11H,4-10H2,1-3H3/b16-11-. The van der Waals surface area contributed by atoms with Gasteiger partial charge in [-0.15, -0.1) is 0 Å². The van der Waals surface area contributed by atoms with Crippen LogP contribution in [0.1, 0.15) is 49.3 Å². The Morgan fingerprint density at radius 2 is 1.86 bits per heavy atom. The molecule has 1 amide bonds. The van der Waals surface area contributed by atoms with E-state index in [2.05, 4.69) is 4.90 Å². The van der Waals surface area contributed by atoms with Crippen molar-refractivity contribution in [1.29, 1.82) is 5.26 Å². The predicted molar refractivity (Wildman–Crippen MR) is 117 cm³/mol. The number of nitriles is 1. The Hall–Kier alpha value is -2.11. The van der Waals surface area contributed by atoms with Gasteiger partial charge in [-0.25, -0.2) is 0 Å². The number of hydrogen-bond acceptors (Lipinski definition) is 6. The molecule has 2 fully saturated rings. The molecule has 3 heterocycles. The molecule has 3 rings (SSSR count). The van der Waals surface area contributed by atoms with Crippen molar-refractivity contribution in [3.05, 3.63) is 31.9 Å². The highest BCUT2D eigenvalue weighted by Crippen LogP contribution is 2.35. The zero-order valence-electron chi connectivity index (χ0n) is 16.4. The van der Waals surface area contributed by atoms with Crippen molar-refractivity contribution in [2.75, 3.05) is 24.5 Å². The highest BCUT2D eigenvalue weighted by Gasteiger charge is 2.32. The highest BCUT2D eigenvalue weighted by molar-refractivity contribution is 8.26. The van der Waals surface area contributed by atoms with Gasteiger partial charge in [0.2, 0.25) is 0 Å². The van der Waals surface area contributed by atoms with Gasteiger partial charge in [-0.2, -0.15) is 5.26 Å². The van der Waals surface area contributed by atoms with Gasteiger partial charge in [0, 0.05) is 32.2 Å². The summed E-state index contributed by atoms with van der Waals surface area (Å²) in [6.07, 6.45) is 6.27. The molecule has 0 saturated carbocycles. The minimum absolute atomic E-state index is 0.119. The van der Waals surface area contributed by atoms with Gasteiger partial charge in [-0.1, -0.05) is 36.8 Å². The molecule has 2 aliphatic heterocycles. The first kappa shape index (κ1) is 20.6. The summed E-state index contributed by atoms with van der Waals surface area (Å²) in [5.74, 6) is 0.663. The molecule has 0 aromatic carbocycles. The Kier molecular flexibility index (Phi) is 6.26. The zero-order chi connectivity index (χ0) is 20.4. The lowest BCUT2D eigenvalue weighted by molar-refractivity contribution is -0.121. The van der Waals surface area contributed by atoms with E-state index in [4.69, 9.17) is 12.2 Å².